The lowest BCUT2D eigenvalue weighted by molar-refractivity contribution is 0.669. The lowest BCUT2D eigenvalue weighted by Gasteiger charge is -2.26. The summed E-state index contributed by atoms with van der Waals surface area (Å²) in [6.45, 7) is 0. The van der Waals surface area contributed by atoms with Crippen LogP contribution in [0, 0.1) is 0 Å². The molecule has 0 atom stereocenters. The van der Waals surface area contributed by atoms with Crippen LogP contribution in [0.4, 0.5) is 34.1 Å². The number of aromatic nitrogens is 2. The summed E-state index contributed by atoms with van der Waals surface area (Å²) in [5.41, 5.74) is 26.7. The first-order chi connectivity index (χ1) is 54.5. The van der Waals surface area contributed by atoms with Crippen molar-refractivity contribution in [3.8, 4) is 67.0 Å². The Balaban J connectivity index is 0.575. The van der Waals surface area contributed by atoms with Crippen LogP contribution in [0.3, 0.4) is 0 Å². The Morgan fingerprint density at radius 1 is 0.200 bits per heavy atom. The molecule has 4 aromatic heterocycles. The average Bonchev–Trinajstić information content (AvgIpc) is 1.58. The van der Waals surface area contributed by atoms with Crippen LogP contribution in [-0.4, -0.2) is 9.13 Å². The van der Waals surface area contributed by atoms with Gasteiger partial charge in [-0.3, -0.25) is 0 Å². The summed E-state index contributed by atoms with van der Waals surface area (Å²) >= 11 is 1.85. The van der Waals surface area contributed by atoms with E-state index in [9.17, 15) is 0 Å². The summed E-state index contributed by atoms with van der Waals surface area (Å²) in [6.07, 6.45) is 0. The molecule has 0 N–H and O–H groups in total. The van der Waals surface area contributed by atoms with Crippen molar-refractivity contribution in [3.63, 3.8) is 0 Å². The molecule has 6 heteroatoms. The largest absolute Gasteiger partial charge is 0.456 e. The van der Waals surface area contributed by atoms with Gasteiger partial charge in [-0.25, -0.2) is 0 Å². The zero-order valence-corrected chi connectivity index (χ0v) is 60.5. The van der Waals surface area contributed by atoms with Crippen LogP contribution in [0.25, 0.3) is 174 Å². The third-order valence-electron chi connectivity index (χ3n) is 22.5. The van der Waals surface area contributed by atoms with E-state index in [1.807, 2.05) is 23.5 Å². The van der Waals surface area contributed by atoms with Crippen molar-refractivity contribution < 1.29 is 4.42 Å². The van der Waals surface area contributed by atoms with Gasteiger partial charge in [-0.15, -0.1) is 11.3 Å². The second-order valence-corrected chi connectivity index (χ2v) is 29.8. The number of thiophene rings is 1. The van der Waals surface area contributed by atoms with Crippen molar-refractivity contribution in [2.45, 2.75) is 0 Å². The normalized spacial score (nSPS) is 11.8. The topological polar surface area (TPSA) is 29.5 Å². The molecule has 4 heterocycles. The standard InChI is InChI=1S/C104H66N4OS/c1-2-18-72-61-75(36-35-67(72)17-1)70-41-50-78(51-42-70)105(83-54-56-93-92-28-8-13-33-101(92)109-102(93)65-83)77-46-37-68(38-47-77)74-20-16-22-82(63-74)108-99-32-12-7-27-91(99)96-64-76(45-60-100(96)108)86-59-58-85(87-23-3-4-24-88(86)87)71-43-52-80(53-44-71)106(84-55-57-95-94-29-9-14-34-103(94)110-104(95)66-84)79-48-39-69(40-49-79)73-19-15-21-81(62-73)107-97-30-10-5-25-89(97)90-26-6-11-31-98(90)107/h1-66H. The molecule has 0 aliphatic carbocycles. The molecule has 0 unspecified atom stereocenters. The van der Waals surface area contributed by atoms with Crippen LogP contribution in [-0.2, 0) is 0 Å². The maximum atomic E-state index is 6.49. The Kier molecular flexibility index (Phi) is 14.8. The molecule has 0 bridgehead atoms. The highest BCUT2D eigenvalue weighted by Crippen LogP contribution is 2.47. The van der Waals surface area contributed by atoms with Gasteiger partial charge in [0.2, 0.25) is 0 Å². The van der Waals surface area contributed by atoms with E-state index in [1.54, 1.807) is 0 Å². The zero-order chi connectivity index (χ0) is 72.3. The van der Waals surface area contributed by atoms with Crippen molar-refractivity contribution in [2.75, 3.05) is 9.80 Å². The van der Waals surface area contributed by atoms with E-state index in [-0.39, 0.29) is 0 Å². The molecule has 0 radical (unpaired) electrons. The molecular weight excluding hydrogens is 1350 g/mol. The van der Waals surface area contributed by atoms with E-state index in [0.717, 1.165) is 106 Å². The van der Waals surface area contributed by atoms with Crippen LogP contribution >= 0.6 is 11.3 Å². The number of benzene rings is 18. The van der Waals surface area contributed by atoms with E-state index >= 15 is 0 Å². The van der Waals surface area contributed by atoms with Crippen molar-refractivity contribution in [3.05, 3.63) is 400 Å². The van der Waals surface area contributed by atoms with E-state index in [1.165, 1.54) is 102 Å². The number of anilines is 6. The Morgan fingerprint density at radius 3 is 1.18 bits per heavy atom. The molecule has 5 nitrogen and oxygen atoms in total. The SMILES string of the molecule is c1cc(-c2ccc(N(c3ccc(-c4ccc(-c5ccc6c(c5)c5ccccc5n6-c5cccc(-c6ccc(N(c7ccc(-c8ccc9ccccc9c8)cc7)c7ccc8c(c7)oc7ccccc78)cc6)c5)c5ccccc45)cc3)c3ccc4c(c3)sc3ccccc34)cc2)cc(-n2c3ccccc3c3ccccc32)c1. The van der Waals surface area contributed by atoms with Gasteiger partial charge in [-0.1, -0.05) is 249 Å². The quantitative estimate of drug-likeness (QED) is 0.115. The number of furan rings is 1. The summed E-state index contributed by atoms with van der Waals surface area (Å²) in [7, 11) is 0. The zero-order valence-electron chi connectivity index (χ0n) is 59.7. The maximum Gasteiger partial charge on any atom is 0.137 e. The van der Waals surface area contributed by atoms with Crippen molar-refractivity contribution in [1.82, 2.24) is 9.13 Å². The average molecular weight is 1420 g/mol. The summed E-state index contributed by atoms with van der Waals surface area (Å²) in [5.74, 6) is 0. The predicted molar refractivity (Wildman–Crippen MR) is 467 cm³/mol. The van der Waals surface area contributed by atoms with Crippen LogP contribution in [0.5, 0.6) is 0 Å². The molecule has 0 aliphatic rings. The summed E-state index contributed by atoms with van der Waals surface area (Å²) in [5, 5.41) is 14.6. The molecule has 0 spiro atoms. The Hall–Kier alpha value is -14.3. The molecule has 0 aliphatic heterocycles. The second kappa shape index (κ2) is 25.7. The van der Waals surface area contributed by atoms with E-state index in [4.69, 9.17) is 4.42 Å². The highest BCUT2D eigenvalue weighted by Gasteiger charge is 2.22. The number of hydrogen-bond acceptors (Lipinski definition) is 4. The minimum absolute atomic E-state index is 0.855. The number of rotatable bonds is 13. The minimum Gasteiger partial charge on any atom is -0.456 e. The molecule has 22 aromatic rings. The first kappa shape index (κ1) is 63.0. The van der Waals surface area contributed by atoms with Gasteiger partial charge in [0.15, 0.2) is 0 Å². The van der Waals surface area contributed by atoms with Gasteiger partial charge in [0.05, 0.1) is 22.1 Å². The van der Waals surface area contributed by atoms with Crippen LogP contribution in [0.15, 0.2) is 405 Å². The third-order valence-corrected chi connectivity index (χ3v) is 23.6. The first-order valence-electron chi connectivity index (χ1n) is 37.6. The van der Waals surface area contributed by atoms with Crippen LogP contribution in [0.1, 0.15) is 0 Å². The fourth-order valence-corrected chi connectivity index (χ4v) is 18.4. The number of hydrogen-bond donors (Lipinski definition) is 0. The first-order valence-corrected chi connectivity index (χ1v) is 38.4. The minimum atomic E-state index is 0.855. The molecule has 514 valence electrons. The van der Waals surface area contributed by atoms with Crippen molar-refractivity contribution in [2.24, 2.45) is 0 Å². The highest BCUT2D eigenvalue weighted by molar-refractivity contribution is 7.25. The lowest BCUT2D eigenvalue weighted by Crippen LogP contribution is -2.09. The van der Waals surface area contributed by atoms with Gasteiger partial charge in [-0.2, -0.15) is 0 Å². The van der Waals surface area contributed by atoms with Crippen molar-refractivity contribution >= 4 is 153 Å². The molecule has 110 heavy (non-hydrogen) atoms. The summed E-state index contributed by atoms with van der Waals surface area (Å²) in [4.78, 5) is 4.74. The number of fused-ring (bicyclic) bond motifs is 14. The Labute approximate surface area is 639 Å². The third kappa shape index (κ3) is 10.6. The lowest BCUT2D eigenvalue weighted by atomic mass is 9.91. The molecule has 0 fully saturated rings. The monoisotopic (exact) mass is 1420 g/mol. The maximum absolute atomic E-state index is 6.49. The van der Waals surface area contributed by atoms with Gasteiger partial charge in [-0.05, 0) is 223 Å². The fraction of sp³-hybridized carbons (Fsp3) is 0. The molecule has 0 saturated carbocycles. The van der Waals surface area contributed by atoms with E-state index < -0.39 is 0 Å². The Morgan fingerprint density at radius 2 is 0.600 bits per heavy atom. The van der Waals surface area contributed by atoms with Gasteiger partial charge in [0.1, 0.15) is 11.2 Å². The molecule has 0 saturated heterocycles. The molecule has 0 amide bonds. The fourth-order valence-electron chi connectivity index (χ4n) is 17.2. The molecule has 18 aromatic carbocycles. The highest BCUT2D eigenvalue weighted by atomic mass is 32.1. The van der Waals surface area contributed by atoms with Crippen LogP contribution in [0.2, 0.25) is 0 Å². The molecular formula is C104H66N4OS. The summed E-state index contributed by atoms with van der Waals surface area (Å²) < 4.78 is 13.9. The number of para-hydroxylation sites is 4. The van der Waals surface area contributed by atoms with Gasteiger partial charge in [0, 0.05) is 104 Å². The molecule has 22 rings (SSSR count). The smallest absolute Gasteiger partial charge is 0.137 e. The summed E-state index contributed by atoms with van der Waals surface area (Å²) in [6, 6.07) is 147. The van der Waals surface area contributed by atoms with E-state index in [0.29, 0.717) is 0 Å². The second-order valence-electron chi connectivity index (χ2n) is 28.7. The number of nitrogens with zero attached hydrogens (tertiary/aromatic N) is 4. The van der Waals surface area contributed by atoms with Crippen LogP contribution < -0.4 is 9.80 Å². The van der Waals surface area contributed by atoms with Crippen molar-refractivity contribution in [1.29, 1.82) is 0 Å². The van der Waals surface area contributed by atoms with Gasteiger partial charge in [0.25, 0.3) is 0 Å². The predicted octanol–water partition coefficient (Wildman–Crippen LogP) is 29.7. The van der Waals surface area contributed by atoms with E-state index in [2.05, 4.69) is 407 Å². The van der Waals surface area contributed by atoms with Gasteiger partial charge < -0.3 is 23.4 Å². The van der Waals surface area contributed by atoms with Gasteiger partial charge >= 0.3 is 0 Å². The Bertz CT molecular complexity index is 7350.